The molecular weight excluding hydrogens is 254 g/mol. The van der Waals surface area contributed by atoms with Crippen LogP contribution in [0.15, 0.2) is 4.99 Å². The van der Waals surface area contributed by atoms with Gasteiger partial charge in [-0.05, 0) is 19.8 Å². The molecule has 0 saturated carbocycles. The van der Waals surface area contributed by atoms with Gasteiger partial charge in [0.05, 0.1) is 0 Å². The summed E-state index contributed by atoms with van der Waals surface area (Å²) in [5.74, 6) is 0.488. The Kier molecular flexibility index (Phi) is 15.1. The first-order chi connectivity index (χ1) is 8.20. The standard InChI is InChI=1S/C11H25N5O.ClH/c1-3-14-11(16-10(12)13)15-8-6-4-5-7-9-17-2;/h3-9H2,1-2H3,(H5,12,13,14,15,16);1H. The molecule has 5 N–H and O–H groups in total. The lowest BCUT2D eigenvalue weighted by Crippen LogP contribution is -2.44. The van der Waals surface area contributed by atoms with Crippen LogP contribution in [0.4, 0.5) is 0 Å². The van der Waals surface area contributed by atoms with Gasteiger partial charge in [-0.15, -0.1) is 12.4 Å². The summed E-state index contributed by atoms with van der Waals surface area (Å²) in [5.41, 5.74) is 5.25. The van der Waals surface area contributed by atoms with Crippen LogP contribution in [0.25, 0.3) is 0 Å². The topological polar surface area (TPSA) is 95.5 Å². The maximum absolute atomic E-state index is 7.13. The van der Waals surface area contributed by atoms with E-state index >= 15 is 0 Å². The number of ether oxygens (including phenoxy) is 1. The van der Waals surface area contributed by atoms with Crippen LogP contribution in [-0.2, 0) is 4.74 Å². The molecule has 0 aliphatic heterocycles. The van der Waals surface area contributed by atoms with E-state index in [0.717, 1.165) is 39.0 Å². The summed E-state index contributed by atoms with van der Waals surface area (Å²) >= 11 is 0. The third-order valence-corrected chi connectivity index (χ3v) is 2.12. The molecule has 0 atom stereocenters. The van der Waals surface area contributed by atoms with Gasteiger partial charge in [0.2, 0.25) is 0 Å². The smallest absolute Gasteiger partial charge is 0.198 e. The normalized spacial score (nSPS) is 10.7. The van der Waals surface area contributed by atoms with E-state index in [0.29, 0.717) is 5.96 Å². The summed E-state index contributed by atoms with van der Waals surface area (Å²) in [6, 6.07) is 0. The zero-order valence-corrected chi connectivity index (χ0v) is 12.1. The molecule has 0 saturated heterocycles. The molecule has 18 heavy (non-hydrogen) atoms. The molecule has 6 nitrogen and oxygen atoms in total. The number of hydrogen-bond donors (Lipinski definition) is 4. The van der Waals surface area contributed by atoms with E-state index in [1.54, 1.807) is 7.11 Å². The Morgan fingerprint density at radius 2 is 1.94 bits per heavy atom. The minimum absolute atomic E-state index is 0. The molecule has 0 aromatic carbocycles. The second-order valence-electron chi connectivity index (χ2n) is 3.71. The minimum Gasteiger partial charge on any atom is -0.385 e. The number of guanidine groups is 2. The number of methoxy groups -OCH3 is 1. The van der Waals surface area contributed by atoms with Crippen molar-refractivity contribution in [1.29, 1.82) is 5.41 Å². The van der Waals surface area contributed by atoms with Gasteiger partial charge in [-0.25, -0.2) is 0 Å². The molecule has 0 amide bonds. The van der Waals surface area contributed by atoms with E-state index in [4.69, 9.17) is 15.9 Å². The van der Waals surface area contributed by atoms with Crippen molar-refractivity contribution in [3.05, 3.63) is 0 Å². The lowest BCUT2D eigenvalue weighted by molar-refractivity contribution is 0.192. The number of nitrogens with one attached hydrogen (secondary N) is 3. The number of rotatable bonds is 8. The highest BCUT2D eigenvalue weighted by atomic mass is 35.5. The predicted octanol–water partition coefficient (Wildman–Crippen LogP) is 1.06. The fourth-order valence-corrected chi connectivity index (χ4v) is 1.34. The van der Waals surface area contributed by atoms with E-state index in [2.05, 4.69) is 15.6 Å². The molecule has 0 aromatic heterocycles. The summed E-state index contributed by atoms with van der Waals surface area (Å²) in [6.45, 7) is 4.31. The van der Waals surface area contributed by atoms with Gasteiger partial charge in [-0.1, -0.05) is 12.8 Å². The molecule has 0 aromatic rings. The van der Waals surface area contributed by atoms with Gasteiger partial charge < -0.3 is 15.8 Å². The number of halogens is 1. The zero-order chi connectivity index (χ0) is 12.9. The maximum Gasteiger partial charge on any atom is 0.198 e. The monoisotopic (exact) mass is 279 g/mol. The zero-order valence-electron chi connectivity index (χ0n) is 11.3. The van der Waals surface area contributed by atoms with Crippen LogP contribution in [-0.4, -0.2) is 38.7 Å². The van der Waals surface area contributed by atoms with Crippen molar-refractivity contribution in [3.8, 4) is 0 Å². The van der Waals surface area contributed by atoms with Crippen LogP contribution in [0.3, 0.4) is 0 Å². The first-order valence-electron chi connectivity index (χ1n) is 6.09. The Morgan fingerprint density at radius 3 is 2.50 bits per heavy atom. The Labute approximate surface area is 116 Å². The molecule has 108 valence electrons. The van der Waals surface area contributed by atoms with Crippen LogP contribution < -0.4 is 16.4 Å². The summed E-state index contributed by atoms with van der Waals surface area (Å²) in [5, 5.41) is 12.8. The lowest BCUT2D eigenvalue weighted by Gasteiger charge is -2.09. The fraction of sp³-hybridized carbons (Fsp3) is 0.818. The Bertz CT molecular complexity index is 235. The van der Waals surface area contributed by atoms with Gasteiger partial charge in [0, 0.05) is 26.8 Å². The van der Waals surface area contributed by atoms with Gasteiger partial charge in [0.15, 0.2) is 11.9 Å². The molecule has 0 aliphatic rings. The molecule has 0 unspecified atom stereocenters. The van der Waals surface area contributed by atoms with Crippen molar-refractivity contribution in [2.75, 3.05) is 26.8 Å². The number of unbranched alkanes of at least 4 members (excludes halogenated alkanes) is 3. The first kappa shape index (κ1) is 19.3. The highest BCUT2D eigenvalue weighted by Crippen LogP contribution is 1.99. The molecule has 0 fully saturated rings. The molecule has 7 heteroatoms. The Morgan fingerprint density at radius 1 is 1.28 bits per heavy atom. The highest BCUT2D eigenvalue weighted by molar-refractivity contribution is 5.96. The van der Waals surface area contributed by atoms with Crippen LogP contribution in [0.5, 0.6) is 0 Å². The largest absolute Gasteiger partial charge is 0.385 e. The number of aliphatic imine (C=N–C) groups is 1. The maximum atomic E-state index is 7.13. The van der Waals surface area contributed by atoms with Gasteiger partial charge >= 0.3 is 0 Å². The van der Waals surface area contributed by atoms with E-state index in [-0.39, 0.29) is 18.4 Å². The quantitative estimate of drug-likeness (QED) is 0.304. The van der Waals surface area contributed by atoms with Gasteiger partial charge in [0.25, 0.3) is 0 Å². The van der Waals surface area contributed by atoms with Crippen LogP contribution in [0, 0.1) is 5.41 Å². The van der Waals surface area contributed by atoms with Crippen molar-refractivity contribution >= 4 is 24.3 Å². The van der Waals surface area contributed by atoms with Crippen molar-refractivity contribution in [2.45, 2.75) is 32.6 Å². The summed E-state index contributed by atoms with van der Waals surface area (Å²) in [7, 11) is 1.72. The van der Waals surface area contributed by atoms with Crippen LogP contribution in [0.2, 0.25) is 0 Å². The first-order valence-corrected chi connectivity index (χ1v) is 6.09. The molecule has 0 rings (SSSR count). The van der Waals surface area contributed by atoms with Crippen molar-refractivity contribution in [1.82, 2.24) is 10.6 Å². The van der Waals surface area contributed by atoms with Gasteiger partial charge in [-0.3, -0.25) is 15.7 Å². The third-order valence-electron chi connectivity index (χ3n) is 2.12. The number of hydrogen-bond acceptors (Lipinski definition) is 3. The van der Waals surface area contributed by atoms with Crippen LogP contribution in [0.1, 0.15) is 32.6 Å². The second-order valence-corrected chi connectivity index (χ2v) is 3.71. The fourth-order valence-electron chi connectivity index (χ4n) is 1.34. The summed E-state index contributed by atoms with van der Waals surface area (Å²) in [6.07, 6.45) is 4.45. The van der Waals surface area contributed by atoms with Gasteiger partial charge in [-0.2, -0.15) is 0 Å². The SMILES string of the molecule is CCN/C(=N/CCCCCCOC)NC(=N)N.Cl. The number of nitrogens with two attached hydrogens (primary N) is 1. The summed E-state index contributed by atoms with van der Waals surface area (Å²) in [4.78, 5) is 4.31. The molecule has 0 bridgehead atoms. The van der Waals surface area contributed by atoms with E-state index in [9.17, 15) is 0 Å². The number of nitrogens with zero attached hydrogens (tertiary/aromatic N) is 1. The minimum atomic E-state index is -0.0928. The predicted molar refractivity (Wildman–Crippen MR) is 78.6 cm³/mol. The van der Waals surface area contributed by atoms with Crippen molar-refractivity contribution in [3.63, 3.8) is 0 Å². The van der Waals surface area contributed by atoms with Crippen molar-refractivity contribution in [2.24, 2.45) is 10.7 Å². The molecule has 0 heterocycles. The van der Waals surface area contributed by atoms with E-state index in [1.807, 2.05) is 6.92 Å². The average Bonchev–Trinajstić information content (AvgIpc) is 2.27. The van der Waals surface area contributed by atoms with E-state index in [1.165, 1.54) is 6.42 Å². The molecular formula is C11H26ClN5O. The van der Waals surface area contributed by atoms with Crippen molar-refractivity contribution < 1.29 is 4.74 Å². The van der Waals surface area contributed by atoms with E-state index < -0.39 is 0 Å². The molecule has 0 spiro atoms. The third kappa shape index (κ3) is 13.1. The highest BCUT2D eigenvalue weighted by Gasteiger charge is 1.97. The second kappa shape index (κ2) is 14.1. The average molecular weight is 280 g/mol. The van der Waals surface area contributed by atoms with Crippen LogP contribution >= 0.6 is 12.4 Å². The molecule has 0 aliphatic carbocycles. The lowest BCUT2D eigenvalue weighted by atomic mass is 10.2. The molecule has 0 radical (unpaired) electrons. The van der Waals surface area contributed by atoms with Gasteiger partial charge in [0.1, 0.15) is 0 Å². The summed E-state index contributed by atoms with van der Waals surface area (Å²) < 4.78 is 4.98. The Balaban J connectivity index is 0. The Hall–Kier alpha value is -1.01.